The molecule has 1 saturated carbocycles. The summed E-state index contributed by atoms with van der Waals surface area (Å²) in [7, 11) is 0. The van der Waals surface area contributed by atoms with Gasteiger partial charge in [0.2, 0.25) is 5.78 Å². The molecule has 2 aromatic rings. The van der Waals surface area contributed by atoms with Crippen molar-refractivity contribution in [3.63, 3.8) is 0 Å². The summed E-state index contributed by atoms with van der Waals surface area (Å²) in [6.07, 6.45) is 7.63. The number of benzene rings is 1. The summed E-state index contributed by atoms with van der Waals surface area (Å²) in [5.74, 6) is -0.541. The number of hydrogen-bond acceptors (Lipinski definition) is 6. The monoisotopic (exact) mass is 441 g/mol. The van der Waals surface area contributed by atoms with Crippen LogP contribution < -0.4 is 0 Å². The van der Waals surface area contributed by atoms with Gasteiger partial charge in [-0.3, -0.25) is 9.59 Å². The number of Topliss-reactive ketones (excluding diaryl/α,β-unsaturated/α-hetero) is 1. The molecular weight excluding hydrogens is 410 g/mol. The van der Waals surface area contributed by atoms with Gasteiger partial charge in [0.15, 0.2) is 0 Å². The lowest BCUT2D eigenvalue weighted by atomic mass is 9.72. The highest BCUT2D eigenvalue weighted by molar-refractivity contribution is 7.11. The van der Waals surface area contributed by atoms with Gasteiger partial charge < -0.3 is 9.64 Å². The highest BCUT2D eigenvalue weighted by atomic mass is 32.1. The molecule has 1 aromatic heterocycles. The largest absolute Gasteiger partial charge is 0.370 e. The van der Waals surface area contributed by atoms with E-state index in [1.165, 1.54) is 11.3 Å². The van der Waals surface area contributed by atoms with Crippen LogP contribution in [0.25, 0.3) is 0 Å². The van der Waals surface area contributed by atoms with E-state index in [4.69, 9.17) is 4.74 Å². The maximum atomic E-state index is 13.2. The van der Waals surface area contributed by atoms with Crippen LogP contribution in [0.2, 0.25) is 0 Å². The Morgan fingerprint density at radius 1 is 1.06 bits per heavy atom. The molecule has 6 nitrogen and oxygen atoms in total. The van der Waals surface area contributed by atoms with E-state index < -0.39 is 5.41 Å². The van der Waals surface area contributed by atoms with Crippen LogP contribution in [0.15, 0.2) is 30.3 Å². The summed E-state index contributed by atoms with van der Waals surface area (Å²) in [6, 6.07) is 9.87. The quantitative estimate of drug-likeness (QED) is 0.575. The molecule has 1 aliphatic heterocycles. The van der Waals surface area contributed by atoms with Gasteiger partial charge in [-0.25, -0.2) is 0 Å². The summed E-state index contributed by atoms with van der Waals surface area (Å²) in [4.78, 5) is 28.1. The number of amides is 1. The number of hydrogen-bond donors (Lipinski definition) is 0. The summed E-state index contributed by atoms with van der Waals surface area (Å²) >= 11 is 1.49. The number of carbonyl (C=O) groups is 2. The molecule has 2 aliphatic rings. The van der Waals surface area contributed by atoms with Crippen LogP contribution in [0.3, 0.4) is 0 Å². The lowest BCUT2D eigenvalue weighted by molar-refractivity contribution is -0.153. The smallest absolute Gasteiger partial charge is 0.291 e. The van der Waals surface area contributed by atoms with Crippen LogP contribution in [0.1, 0.15) is 79.9 Å². The van der Waals surface area contributed by atoms with Gasteiger partial charge in [-0.05, 0) is 37.7 Å². The fourth-order valence-electron chi connectivity index (χ4n) is 4.67. The number of nitrogens with zero attached hydrogens (tertiary/aromatic N) is 3. The third-order valence-corrected chi connectivity index (χ3v) is 7.57. The summed E-state index contributed by atoms with van der Waals surface area (Å²) in [5.41, 5.74) is 0.612. The number of likely N-dealkylation sites (tertiary alicyclic amines) is 1. The number of rotatable bonds is 7. The number of carbonyl (C=O) groups excluding carboxylic acids is 2. The molecule has 0 bridgehead atoms. The molecular formula is C24H31N3O3S. The van der Waals surface area contributed by atoms with Gasteiger partial charge >= 0.3 is 0 Å². The predicted octanol–water partition coefficient (Wildman–Crippen LogP) is 4.85. The van der Waals surface area contributed by atoms with E-state index in [1.807, 2.05) is 37.3 Å². The van der Waals surface area contributed by atoms with Crippen LogP contribution in [0.4, 0.5) is 0 Å². The first-order chi connectivity index (χ1) is 15.1. The van der Waals surface area contributed by atoms with Crippen molar-refractivity contribution in [3.05, 3.63) is 45.9 Å². The lowest BCUT2D eigenvalue weighted by Gasteiger charge is -2.37. The predicted molar refractivity (Wildman–Crippen MR) is 119 cm³/mol. The summed E-state index contributed by atoms with van der Waals surface area (Å²) in [6.45, 7) is 3.50. The van der Waals surface area contributed by atoms with Crippen molar-refractivity contribution in [2.75, 3.05) is 6.54 Å². The third-order valence-electron chi connectivity index (χ3n) is 6.57. The Bertz CT molecular complexity index is 892. The Morgan fingerprint density at radius 2 is 1.84 bits per heavy atom. The van der Waals surface area contributed by atoms with Gasteiger partial charge in [0.05, 0.1) is 12.6 Å². The Morgan fingerprint density at radius 3 is 2.61 bits per heavy atom. The van der Waals surface area contributed by atoms with E-state index in [1.54, 1.807) is 4.90 Å². The fraction of sp³-hybridized carbons (Fsp3) is 0.583. The van der Waals surface area contributed by atoms with Gasteiger partial charge in [-0.15, -0.1) is 10.2 Å². The average molecular weight is 442 g/mol. The highest BCUT2D eigenvalue weighted by Crippen LogP contribution is 2.39. The Balaban J connectivity index is 1.40. The minimum atomic E-state index is -0.505. The first-order valence-corrected chi connectivity index (χ1v) is 12.2. The van der Waals surface area contributed by atoms with Crippen LogP contribution in [-0.2, 0) is 27.5 Å². The minimum absolute atomic E-state index is 0.155. The maximum Gasteiger partial charge on any atom is 0.291 e. The van der Waals surface area contributed by atoms with E-state index in [0.29, 0.717) is 19.8 Å². The van der Waals surface area contributed by atoms with E-state index in [9.17, 15) is 9.59 Å². The zero-order valence-electron chi connectivity index (χ0n) is 18.2. The first kappa shape index (κ1) is 22.1. The zero-order valence-corrected chi connectivity index (χ0v) is 19.0. The number of ether oxygens (including phenoxy) is 1. The molecule has 2 heterocycles. The molecule has 166 valence electrons. The topological polar surface area (TPSA) is 72.4 Å². The van der Waals surface area contributed by atoms with E-state index >= 15 is 0 Å². The highest BCUT2D eigenvalue weighted by Gasteiger charge is 2.42. The van der Waals surface area contributed by atoms with Crippen molar-refractivity contribution in [1.82, 2.24) is 15.1 Å². The summed E-state index contributed by atoms with van der Waals surface area (Å²) in [5, 5.41) is 10.3. The molecule has 0 spiro atoms. The Labute approximate surface area is 188 Å². The Kier molecular flexibility index (Phi) is 7.13. The molecule has 1 unspecified atom stereocenters. The molecule has 1 atom stereocenters. The molecule has 0 N–H and O–H groups in total. The van der Waals surface area contributed by atoms with Crippen molar-refractivity contribution in [2.24, 2.45) is 5.41 Å². The van der Waals surface area contributed by atoms with Gasteiger partial charge in [-0.1, -0.05) is 67.9 Å². The fourth-order valence-corrected chi connectivity index (χ4v) is 5.60. The summed E-state index contributed by atoms with van der Waals surface area (Å²) < 4.78 is 5.78. The lowest BCUT2D eigenvalue weighted by Crippen LogP contribution is -2.47. The van der Waals surface area contributed by atoms with Crippen molar-refractivity contribution in [2.45, 2.75) is 77.5 Å². The second-order valence-corrected chi connectivity index (χ2v) is 10.1. The van der Waals surface area contributed by atoms with Gasteiger partial charge in [0.1, 0.15) is 16.6 Å². The number of piperidine rings is 1. The van der Waals surface area contributed by atoms with Gasteiger partial charge in [-0.2, -0.15) is 0 Å². The standard InChI is InChI=1S/C24H31N3O3S/c1-24(13-7-3-8-14-24)21(28)23(29)27-15-9-6-12-19(27)22-26-25-20(31-22)17-30-16-18-10-4-2-5-11-18/h2,4-5,10-11,19H,3,6-9,12-17H2,1H3. The van der Waals surface area contributed by atoms with E-state index in [0.717, 1.165) is 66.9 Å². The van der Waals surface area contributed by atoms with Crippen molar-refractivity contribution in [3.8, 4) is 0 Å². The van der Waals surface area contributed by atoms with Crippen molar-refractivity contribution >= 4 is 23.0 Å². The van der Waals surface area contributed by atoms with Crippen molar-refractivity contribution in [1.29, 1.82) is 0 Å². The minimum Gasteiger partial charge on any atom is -0.370 e. The van der Waals surface area contributed by atoms with Crippen LogP contribution in [0.5, 0.6) is 0 Å². The maximum absolute atomic E-state index is 13.2. The van der Waals surface area contributed by atoms with Crippen LogP contribution in [0, 0.1) is 5.41 Å². The molecule has 1 amide bonds. The molecule has 0 radical (unpaired) electrons. The zero-order chi connectivity index (χ0) is 21.7. The molecule has 2 fully saturated rings. The molecule has 1 aliphatic carbocycles. The van der Waals surface area contributed by atoms with Gasteiger partial charge in [0, 0.05) is 12.0 Å². The van der Waals surface area contributed by atoms with Crippen LogP contribution in [-0.4, -0.2) is 33.3 Å². The normalized spacial score (nSPS) is 21.1. The molecule has 31 heavy (non-hydrogen) atoms. The van der Waals surface area contributed by atoms with E-state index in [-0.39, 0.29) is 17.7 Å². The number of ketones is 1. The second kappa shape index (κ2) is 10.0. The SMILES string of the molecule is CC1(C(=O)C(=O)N2CCCCC2c2nnc(COCc3ccccc3)s2)CCCCC1. The van der Waals surface area contributed by atoms with Crippen LogP contribution >= 0.6 is 11.3 Å². The second-order valence-electron chi connectivity index (χ2n) is 8.97. The molecule has 4 rings (SSSR count). The first-order valence-electron chi connectivity index (χ1n) is 11.4. The molecule has 7 heteroatoms. The Hall–Kier alpha value is -2.12. The molecule has 1 aromatic carbocycles. The van der Waals surface area contributed by atoms with Crippen molar-refractivity contribution < 1.29 is 14.3 Å². The van der Waals surface area contributed by atoms with E-state index in [2.05, 4.69) is 10.2 Å². The molecule has 1 saturated heterocycles. The number of aromatic nitrogens is 2. The van der Waals surface area contributed by atoms with Gasteiger partial charge in [0.25, 0.3) is 5.91 Å². The average Bonchev–Trinajstić information content (AvgIpc) is 3.28. The third kappa shape index (κ3) is 5.21.